The van der Waals surface area contributed by atoms with Crippen molar-refractivity contribution in [2.75, 3.05) is 6.61 Å². The molecule has 3 nitrogen and oxygen atoms in total. The summed E-state index contributed by atoms with van der Waals surface area (Å²) in [4.78, 5) is 11.7. The molecule has 0 bridgehead atoms. The molecular formula is C13H15ClO3. The third-order valence-electron chi connectivity index (χ3n) is 2.51. The van der Waals surface area contributed by atoms with Crippen molar-refractivity contribution in [3.05, 3.63) is 35.6 Å². The molecule has 17 heavy (non-hydrogen) atoms. The van der Waals surface area contributed by atoms with Crippen molar-refractivity contribution < 1.29 is 13.9 Å². The zero-order chi connectivity index (χ0) is 11.5. The number of aryl methyl sites for hydroxylation is 1. The van der Waals surface area contributed by atoms with Crippen molar-refractivity contribution in [3.63, 3.8) is 0 Å². The molecule has 0 amide bonds. The average Bonchev–Trinajstić information content (AvgIpc) is 2.67. The molecule has 0 N–H and O–H groups in total. The second kappa shape index (κ2) is 5.73. The summed E-state index contributed by atoms with van der Waals surface area (Å²) in [5.74, 6) is -0.0406. The average molecular weight is 255 g/mol. The quantitative estimate of drug-likeness (QED) is 0.786. The summed E-state index contributed by atoms with van der Waals surface area (Å²) >= 11 is 0. The number of furan rings is 1. The van der Waals surface area contributed by atoms with Gasteiger partial charge in [0.05, 0.1) is 6.61 Å². The van der Waals surface area contributed by atoms with Gasteiger partial charge >= 0.3 is 5.97 Å². The maximum atomic E-state index is 11.7. The first-order chi connectivity index (χ1) is 7.77. The summed E-state index contributed by atoms with van der Waals surface area (Å²) in [7, 11) is 0. The summed E-state index contributed by atoms with van der Waals surface area (Å²) in [6.07, 6.45) is 0.755. The molecule has 0 saturated carbocycles. The topological polar surface area (TPSA) is 39.4 Å². The van der Waals surface area contributed by atoms with E-state index in [2.05, 4.69) is 0 Å². The van der Waals surface area contributed by atoms with Crippen LogP contribution in [0, 0.1) is 0 Å². The zero-order valence-electron chi connectivity index (χ0n) is 9.86. The molecule has 0 saturated heterocycles. The summed E-state index contributed by atoms with van der Waals surface area (Å²) in [5.41, 5.74) is 1.66. The van der Waals surface area contributed by atoms with Crippen LogP contribution in [0.25, 0.3) is 11.0 Å². The second-order valence-corrected chi connectivity index (χ2v) is 3.48. The van der Waals surface area contributed by atoms with E-state index in [1.54, 1.807) is 6.92 Å². The maximum Gasteiger partial charge on any atom is 0.374 e. The highest BCUT2D eigenvalue weighted by molar-refractivity contribution is 5.96. The Morgan fingerprint density at radius 3 is 2.65 bits per heavy atom. The van der Waals surface area contributed by atoms with E-state index in [0.29, 0.717) is 12.4 Å². The SMILES string of the molecule is CCOC(=O)c1oc2ccccc2c1CC.Cl. The molecule has 1 heterocycles. The fourth-order valence-electron chi connectivity index (χ4n) is 1.81. The molecule has 1 aromatic carbocycles. The predicted molar refractivity (Wildman–Crippen MR) is 68.8 cm³/mol. The molecule has 0 aliphatic heterocycles. The molecule has 0 spiro atoms. The molecule has 92 valence electrons. The fourth-order valence-corrected chi connectivity index (χ4v) is 1.81. The Bertz CT molecular complexity index is 516. The van der Waals surface area contributed by atoms with E-state index >= 15 is 0 Å². The number of carbonyl (C=O) groups is 1. The van der Waals surface area contributed by atoms with E-state index in [-0.39, 0.29) is 18.4 Å². The largest absolute Gasteiger partial charge is 0.460 e. The molecule has 0 radical (unpaired) electrons. The van der Waals surface area contributed by atoms with Crippen LogP contribution >= 0.6 is 12.4 Å². The van der Waals surface area contributed by atoms with Gasteiger partial charge in [0, 0.05) is 10.9 Å². The van der Waals surface area contributed by atoms with E-state index in [1.165, 1.54) is 0 Å². The molecule has 0 aliphatic carbocycles. The van der Waals surface area contributed by atoms with Crippen LogP contribution in [0.1, 0.15) is 30.0 Å². The van der Waals surface area contributed by atoms with Crippen molar-refractivity contribution >= 4 is 29.3 Å². The first kappa shape index (κ1) is 13.6. The summed E-state index contributed by atoms with van der Waals surface area (Å²) in [6, 6.07) is 7.64. The minimum Gasteiger partial charge on any atom is -0.460 e. The highest BCUT2D eigenvalue weighted by Crippen LogP contribution is 2.26. The van der Waals surface area contributed by atoms with Gasteiger partial charge in [-0.25, -0.2) is 4.79 Å². The van der Waals surface area contributed by atoms with Crippen LogP contribution in [-0.4, -0.2) is 12.6 Å². The van der Waals surface area contributed by atoms with Gasteiger partial charge in [-0.2, -0.15) is 0 Å². The molecule has 4 heteroatoms. The highest BCUT2D eigenvalue weighted by Gasteiger charge is 2.19. The van der Waals surface area contributed by atoms with Gasteiger partial charge in [0.25, 0.3) is 0 Å². The molecule has 2 rings (SSSR count). The monoisotopic (exact) mass is 254 g/mol. The van der Waals surface area contributed by atoms with E-state index in [4.69, 9.17) is 9.15 Å². The van der Waals surface area contributed by atoms with Crippen LogP contribution < -0.4 is 0 Å². The Labute approximate surface area is 106 Å². The van der Waals surface area contributed by atoms with Gasteiger partial charge in [-0.3, -0.25) is 0 Å². The van der Waals surface area contributed by atoms with Gasteiger partial charge in [0.15, 0.2) is 0 Å². The van der Waals surface area contributed by atoms with Gasteiger partial charge in [0.1, 0.15) is 5.58 Å². The summed E-state index contributed by atoms with van der Waals surface area (Å²) in [6.45, 7) is 4.14. The Balaban J connectivity index is 0.00000144. The van der Waals surface area contributed by atoms with Gasteiger partial charge in [0.2, 0.25) is 5.76 Å². The van der Waals surface area contributed by atoms with Crippen molar-refractivity contribution in [1.82, 2.24) is 0 Å². The van der Waals surface area contributed by atoms with E-state index in [0.717, 1.165) is 23.0 Å². The van der Waals surface area contributed by atoms with Crippen LogP contribution in [-0.2, 0) is 11.2 Å². The second-order valence-electron chi connectivity index (χ2n) is 3.48. The van der Waals surface area contributed by atoms with Crippen LogP contribution in [0.3, 0.4) is 0 Å². The number of esters is 1. The lowest BCUT2D eigenvalue weighted by atomic mass is 10.1. The minimum atomic E-state index is -0.379. The van der Waals surface area contributed by atoms with Crippen LogP contribution in [0.4, 0.5) is 0 Å². The van der Waals surface area contributed by atoms with Crippen molar-refractivity contribution in [3.8, 4) is 0 Å². The fraction of sp³-hybridized carbons (Fsp3) is 0.308. The van der Waals surface area contributed by atoms with E-state index in [9.17, 15) is 4.79 Å². The summed E-state index contributed by atoms with van der Waals surface area (Å²) < 4.78 is 10.5. The number of halogens is 1. The lowest BCUT2D eigenvalue weighted by Gasteiger charge is -1.99. The first-order valence-electron chi connectivity index (χ1n) is 5.45. The van der Waals surface area contributed by atoms with Crippen molar-refractivity contribution in [2.24, 2.45) is 0 Å². The van der Waals surface area contributed by atoms with Crippen LogP contribution in [0.15, 0.2) is 28.7 Å². The number of hydrogen-bond acceptors (Lipinski definition) is 3. The smallest absolute Gasteiger partial charge is 0.374 e. The Hall–Kier alpha value is -1.48. The number of para-hydroxylation sites is 1. The van der Waals surface area contributed by atoms with Crippen molar-refractivity contribution in [1.29, 1.82) is 0 Å². The standard InChI is InChI=1S/C13H14O3.ClH/c1-3-9-10-7-5-6-8-11(10)16-12(9)13(14)15-4-2;/h5-8H,3-4H2,1-2H3;1H. The normalized spacial score (nSPS) is 10.0. The van der Waals surface area contributed by atoms with Crippen LogP contribution in [0.5, 0.6) is 0 Å². The zero-order valence-corrected chi connectivity index (χ0v) is 10.7. The molecule has 0 unspecified atom stereocenters. The van der Waals surface area contributed by atoms with Gasteiger partial charge < -0.3 is 9.15 Å². The van der Waals surface area contributed by atoms with Gasteiger partial charge in [-0.05, 0) is 19.4 Å². The van der Waals surface area contributed by atoms with Gasteiger partial charge in [-0.1, -0.05) is 25.1 Å². The minimum absolute atomic E-state index is 0. The van der Waals surface area contributed by atoms with Crippen LogP contribution in [0.2, 0.25) is 0 Å². The van der Waals surface area contributed by atoms with E-state index in [1.807, 2.05) is 31.2 Å². The number of hydrogen-bond donors (Lipinski definition) is 0. The first-order valence-corrected chi connectivity index (χ1v) is 5.45. The Morgan fingerprint density at radius 1 is 1.29 bits per heavy atom. The molecule has 0 atom stereocenters. The predicted octanol–water partition coefficient (Wildman–Crippen LogP) is 3.59. The number of carbonyl (C=O) groups excluding carboxylic acids is 1. The third-order valence-corrected chi connectivity index (χ3v) is 2.51. The lowest BCUT2D eigenvalue weighted by Crippen LogP contribution is -2.05. The molecule has 2 aromatic rings. The number of rotatable bonds is 3. The molecule has 0 aliphatic rings. The lowest BCUT2D eigenvalue weighted by molar-refractivity contribution is 0.0491. The number of fused-ring (bicyclic) bond motifs is 1. The number of benzene rings is 1. The van der Waals surface area contributed by atoms with Gasteiger partial charge in [-0.15, -0.1) is 12.4 Å². The maximum absolute atomic E-state index is 11.7. The molecule has 1 aromatic heterocycles. The summed E-state index contributed by atoms with van der Waals surface area (Å²) in [5, 5.41) is 0.994. The highest BCUT2D eigenvalue weighted by atomic mass is 35.5. The molecule has 0 fully saturated rings. The molecular weight excluding hydrogens is 240 g/mol. The Kier molecular flexibility index (Phi) is 4.58. The number of ether oxygens (including phenoxy) is 1. The third kappa shape index (κ3) is 2.44. The van der Waals surface area contributed by atoms with E-state index < -0.39 is 0 Å². The van der Waals surface area contributed by atoms with Crippen molar-refractivity contribution in [2.45, 2.75) is 20.3 Å². The Morgan fingerprint density at radius 2 is 2.00 bits per heavy atom.